The number of hydrogen-bond donors (Lipinski definition) is 1. The van der Waals surface area contributed by atoms with Crippen molar-refractivity contribution in [3.05, 3.63) is 22.2 Å². The molecule has 0 spiro atoms. The van der Waals surface area contributed by atoms with Crippen LogP contribution in [0.2, 0.25) is 0 Å². The van der Waals surface area contributed by atoms with E-state index in [1.54, 1.807) is 7.11 Å². The molecule has 0 aliphatic heterocycles. The highest BCUT2D eigenvalue weighted by molar-refractivity contribution is 9.10. The van der Waals surface area contributed by atoms with Crippen LogP contribution in [0.1, 0.15) is 45.1 Å². The molecule has 1 saturated carbocycles. The Balaban J connectivity index is 2.24. The van der Waals surface area contributed by atoms with E-state index in [0.717, 1.165) is 27.7 Å². The van der Waals surface area contributed by atoms with E-state index < -0.39 is 0 Å². The summed E-state index contributed by atoms with van der Waals surface area (Å²) in [6.45, 7) is 6.83. The molecule has 0 saturated heterocycles. The summed E-state index contributed by atoms with van der Waals surface area (Å²) in [7, 11) is 1.74. The standard InChI is InChI=1S/C17H26BrNO/c1-11(2)14-7-5-6-8-15(14)19-17-12(3)9-13(18)10-16(17)20-4/h9-11,14-15,19H,5-8H2,1-4H3. The van der Waals surface area contributed by atoms with Gasteiger partial charge in [0.25, 0.3) is 0 Å². The summed E-state index contributed by atoms with van der Waals surface area (Å²) in [6.07, 6.45) is 5.31. The van der Waals surface area contributed by atoms with Crippen LogP contribution in [0.5, 0.6) is 5.75 Å². The molecule has 3 heteroatoms. The van der Waals surface area contributed by atoms with Gasteiger partial charge in [-0.15, -0.1) is 0 Å². The first-order valence-corrected chi connectivity index (χ1v) is 8.43. The van der Waals surface area contributed by atoms with Crippen molar-refractivity contribution in [1.82, 2.24) is 0 Å². The van der Waals surface area contributed by atoms with Gasteiger partial charge in [-0.1, -0.05) is 42.6 Å². The molecular weight excluding hydrogens is 314 g/mol. The van der Waals surface area contributed by atoms with Crippen molar-refractivity contribution in [2.24, 2.45) is 11.8 Å². The average molecular weight is 340 g/mol. The first-order valence-electron chi connectivity index (χ1n) is 7.63. The summed E-state index contributed by atoms with van der Waals surface area (Å²) in [4.78, 5) is 0. The van der Waals surface area contributed by atoms with Gasteiger partial charge in [0.05, 0.1) is 12.8 Å². The van der Waals surface area contributed by atoms with Crippen LogP contribution in [0.3, 0.4) is 0 Å². The van der Waals surface area contributed by atoms with Crippen LogP contribution < -0.4 is 10.1 Å². The Morgan fingerprint density at radius 2 is 1.95 bits per heavy atom. The fourth-order valence-corrected chi connectivity index (χ4v) is 3.93. The van der Waals surface area contributed by atoms with Gasteiger partial charge in [0.1, 0.15) is 5.75 Å². The maximum atomic E-state index is 5.55. The lowest BCUT2D eigenvalue weighted by atomic mass is 9.77. The van der Waals surface area contributed by atoms with Crippen LogP contribution in [0.15, 0.2) is 16.6 Å². The molecule has 2 atom stereocenters. The van der Waals surface area contributed by atoms with E-state index in [-0.39, 0.29) is 0 Å². The molecule has 0 radical (unpaired) electrons. The summed E-state index contributed by atoms with van der Waals surface area (Å²) in [5, 5.41) is 3.78. The van der Waals surface area contributed by atoms with E-state index in [1.807, 2.05) is 6.07 Å². The monoisotopic (exact) mass is 339 g/mol. The van der Waals surface area contributed by atoms with Crippen LogP contribution in [0, 0.1) is 18.8 Å². The van der Waals surface area contributed by atoms with Gasteiger partial charge < -0.3 is 10.1 Å². The molecule has 20 heavy (non-hydrogen) atoms. The third kappa shape index (κ3) is 3.49. The molecule has 0 bridgehead atoms. The van der Waals surface area contributed by atoms with E-state index in [1.165, 1.54) is 31.2 Å². The largest absolute Gasteiger partial charge is 0.495 e. The summed E-state index contributed by atoms with van der Waals surface area (Å²) < 4.78 is 6.62. The fourth-order valence-electron chi connectivity index (χ4n) is 3.38. The quantitative estimate of drug-likeness (QED) is 0.793. The highest BCUT2D eigenvalue weighted by Gasteiger charge is 2.28. The average Bonchev–Trinajstić information content (AvgIpc) is 2.41. The lowest BCUT2D eigenvalue weighted by molar-refractivity contribution is 0.253. The molecular formula is C17H26BrNO. The number of nitrogens with one attached hydrogen (secondary N) is 1. The van der Waals surface area contributed by atoms with Crippen molar-refractivity contribution in [3.63, 3.8) is 0 Å². The number of hydrogen-bond acceptors (Lipinski definition) is 2. The normalized spacial score (nSPS) is 22.9. The van der Waals surface area contributed by atoms with Gasteiger partial charge in [-0.25, -0.2) is 0 Å². The summed E-state index contributed by atoms with van der Waals surface area (Å²) in [5.74, 6) is 2.43. The predicted octanol–water partition coefficient (Wildman–Crippen LogP) is 5.39. The Hall–Kier alpha value is -0.700. The van der Waals surface area contributed by atoms with Crippen molar-refractivity contribution in [1.29, 1.82) is 0 Å². The second-order valence-corrected chi connectivity index (χ2v) is 7.16. The second kappa shape index (κ2) is 6.84. The Morgan fingerprint density at radius 1 is 1.25 bits per heavy atom. The number of halogens is 1. The molecule has 112 valence electrons. The molecule has 1 fully saturated rings. The summed E-state index contributed by atoms with van der Waals surface area (Å²) >= 11 is 3.54. The van der Waals surface area contributed by atoms with Crippen molar-refractivity contribution in [2.75, 3.05) is 12.4 Å². The molecule has 2 nitrogen and oxygen atoms in total. The van der Waals surface area contributed by atoms with Crippen LogP contribution in [-0.4, -0.2) is 13.2 Å². The molecule has 1 N–H and O–H groups in total. The van der Waals surface area contributed by atoms with Gasteiger partial charge in [-0.3, -0.25) is 0 Å². The predicted molar refractivity (Wildman–Crippen MR) is 89.6 cm³/mol. The number of rotatable bonds is 4. The SMILES string of the molecule is COc1cc(Br)cc(C)c1NC1CCCCC1C(C)C. The van der Waals surface area contributed by atoms with Gasteiger partial charge in [0, 0.05) is 10.5 Å². The maximum Gasteiger partial charge on any atom is 0.143 e. The Morgan fingerprint density at radius 3 is 2.60 bits per heavy atom. The van der Waals surface area contributed by atoms with Crippen LogP contribution >= 0.6 is 15.9 Å². The first-order chi connectivity index (χ1) is 9.52. The number of anilines is 1. The molecule has 0 heterocycles. The first kappa shape index (κ1) is 15.7. The van der Waals surface area contributed by atoms with Crippen LogP contribution in [-0.2, 0) is 0 Å². The van der Waals surface area contributed by atoms with Gasteiger partial charge in [0.15, 0.2) is 0 Å². The molecule has 1 aromatic carbocycles. The highest BCUT2D eigenvalue weighted by Crippen LogP contribution is 2.37. The van der Waals surface area contributed by atoms with Crippen LogP contribution in [0.4, 0.5) is 5.69 Å². The topological polar surface area (TPSA) is 21.3 Å². The summed E-state index contributed by atoms with van der Waals surface area (Å²) in [6, 6.07) is 4.76. The smallest absolute Gasteiger partial charge is 0.143 e. The van der Waals surface area contributed by atoms with Crippen molar-refractivity contribution < 1.29 is 4.74 Å². The van der Waals surface area contributed by atoms with Crippen LogP contribution in [0.25, 0.3) is 0 Å². The minimum atomic E-state index is 0.567. The number of ether oxygens (including phenoxy) is 1. The zero-order valence-electron chi connectivity index (χ0n) is 13.0. The number of benzene rings is 1. The van der Waals surface area contributed by atoms with Crippen molar-refractivity contribution in [2.45, 2.75) is 52.5 Å². The lowest BCUT2D eigenvalue weighted by Crippen LogP contribution is -2.35. The van der Waals surface area contributed by atoms with Gasteiger partial charge in [-0.2, -0.15) is 0 Å². The third-order valence-corrected chi connectivity index (χ3v) is 4.95. The molecule has 1 aliphatic rings. The third-order valence-electron chi connectivity index (χ3n) is 4.49. The zero-order chi connectivity index (χ0) is 14.7. The zero-order valence-corrected chi connectivity index (χ0v) is 14.6. The Kier molecular flexibility index (Phi) is 5.36. The maximum absolute atomic E-state index is 5.55. The Bertz CT molecular complexity index is 459. The Labute approximate surface area is 131 Å². The van der Waals surface area contributed by atoms with E-state index in [9.17, 15) is 0 Å². The van der Waals surface area contributed by atoms with E-state index in [2.05, 4.69) is 48.1 Å². The molecule has 1 aliphatic carbocycles. The number of methoxy groups -OCH3 is 1. The summed E-state index contributed by atoms with van der Waals surface area (Å²) in [5.41, 5.74) is 2.40. The minimum Gasteiger partial charge on any atom is -0.495 e. The molecule has 1 aromatic rings. The van der Waals surface area contributed by atoms with Gasteiger partial charge in [-0.05, 0) is 49.3 Å². The van der Waals surface area contributed by atoms with Gasteiger partial charge >= 0.3 is 0 Å². The molecule has 2 unspecified atom stereocenters. The highest BCUT2D eigenvalue weighted by atomic mass is 79.9. The molecule has 0 aromatic heterocycles. The van der Waals surface area contributed by atoms with Crippen molar-refractivity contribution >= 4 is 21.6 Å². The molecule has 2 rings (SSSR count). The van der Waals surface area contributed by atoms with Crippen molar-refractivity contribution in [3.8, 4) is 5.75 Å². The van der Waals surface area contributed by atoms with E-state index in [0.29, 0.717) is 6.04 Å². The number of aryl methyl sites for hydroxylation is 1. The van der Waals surface area contributed by atoms with Gasteiger partial charge in [0.2, 0.25) is 0 Å². The second-order valence-electron chi connectivity index (χ2n) is 6.24. The van der Waals surface area contributed by atoms with E-state index in [4.69, 9.17) is 4.74 Å². The lowest BCUT2D eigenvalue weighted by Gasteiger charge is -2.36. The molecule has 0 amide bonds. The van der Waals surface area contributed by atoms with E-state index >= 15 is 0 Å². The fraction of sp³-hybridized carbons (Fsp3) is 0.647. The minimum absolute atomic E-state index is 0.567.